The van der Waals surface area contributed by atoms with E-state index in [1.807, 2.05) is 29.2 Å². The molecular formula is C21H33IN4O2. The average molecular weight is 500 g/mol. The highest BCUT2D eigenvalue weighted by molar-refractivity contribution is 14.0. The van der Waals surface area contributed by atoms with E-state index in [2.05, 4.69) is 29.1 Å². The van der Waals surface area contributed by atoms with Crippen molar-refractivity contribution in [2.45, 2.75) is 32.7 Å². The van der Waals surface area contributed by atoms with Crippen LogP contribution < -0.4 is 15.4 Å². The molecule has 1 aromatic rings. The number of hydrogen-bond donors (Lipinski definition) is 2. The van der Waals surface area contributed by atoms with Crippen LogP contribution in [0, 0.1) is 5.92 Å². The first-order valence-corrected chi connectivity index (χ1v) is 9.68. The maximum absolute atomic E-state index is 12.3. The van der Waals surface area contributed by atoms with Crippen LogP contribution in [0.5, 0.6) is 5.75 Å². The highest BCUT2D eigenvalue weighted by Crippen LogP contribution is 2.18. The third-order valence-corrected chi connectivity index (χ3v) is 4.64. The summed E-state index contributed by atoms with van der Waals surface area (Å²) in [6.07, 6.45) is 4.53. The molecule has 28 heavy (non-hydrogen) atoms. The quantitative estimate of drug-likeness (QED) is 0.249. The maximum Gasteiger partial charge on any atom is 0.224 e. The Morgan fingerprint density at radius 1 is 1.39 bits per heavy atom. The summed E-state index contributed by atoms with van der Waals surface area (Å²) in [4.78, 5) is 18.6. The fraction of sp³-hybridized carbons (Fsp3) is 0.524. The lowest BCUT2D eigenvalue weighted by Gasteiger charge is -2.31. The van der Waals surface area contributed by atoms with Crippen LogP contribution in [0.1, 0.15) is 31.7 Å². The van der Waals surface area contributed by atoms with Gasteiger partial charge in [-0.1, -0.05) is 37.8 Å². The molecule has 2 N–H and O–H groups in total. The first-order chi connectivity index (χ1) is 13.1. The number of hydrogen-bond acceptors (Lipinski definition) is 3. The Morgan fingerprint density at radius 2 is 2.18 bits per heavy atom. The van der Waals surface area contributed by atoms with Gasteiger partial charge < -0.3 is 20.3 Å². The number of carbonyl (C=O) groups is 1. The second-order valence-corrected chi connectivity index (χ2v) is 6.90. The van der Waals surface area contributed by atoms with E-state index in [0.717, 1.165) is 30.8 Å². The van der Waals surface area contributed by atoms with E-state index in [1.165, 1.54) is 6.42 Å². The van der Waals surface area contributed by atoms with Gasteiger partial charge in [-0.3, -0.25) is 9.79 Å². The average Bonchev–Trinajstić information content (AvgIpc) is 2.69. The Morgan fingerprint density at radius 3 is 2.89 bits per heavy atom. The number of guanidine groups is 1. The lowest BCUT2D eigenvalue weighted by Crippen LogP contribution is -2.42. The monoisotopic (exact) mass is 500 g/mol. The van der Waals surface area contributed by atoms with Gasteiger partial charge in [-0.2, -0.15) is 0 Å². The van der Waals surface area contributed by atoms with Gasteiger partial charge >= 0.3 is 0 Å². The third kappa shape index (κ3) is 8.08. The summed E-state index contributed by atoms with van der Waals surface area (Å²) >= 11 is 0. The van der Waals surface area contributed by atoms with E-state index in [9.17, 15) is 4.79 Å². The van der Waals surface area contributed by atoms with Crippen molar-refractivity contribution >= 4 is 35.8 Å². The number of likely N-dealkylation sites (tertiary alicyclic amines) is 1. The van der Waals surface area contributed by atoms with Crippen molar-refractivity contribution in [2.75, 3.05) is 33.3 Å². The molecule has 1 atom stereocenters. The number of para-hydroxylation sites is 1. The first kappa shape index (κ1) is 24.3. The summed E-state index contributed by atoms with van der Waals surface area (Å²) in [7, 11) is 1.73. The molecule has 1 aliphatic rings. The number of nitrogens with zero attached hydrogens (tertiary/aromatic N) is 2. The molecule has 0 aromatic heterocycles. The van der Waals surface area contributed by atoms with Gasteiger partial charge in [0.15, 0.2) is 5.96 Å². The lowest BCUT2D eigenvalue weighted by atomic mass is 10.00. The number of amides is 1. The fourth-order valence-corrected chi connectivity index (χ4v) is 3.20. The topological polar surface area (TPSA) is 66.0 Å². The molecule has 6 nitrogen and oxygen atoms in total. The number of ether oxygens (including phenoxy) is 1. The number of carbonyl (C=O) groups excluding carboxylic acids is 1. The number of rotatable bonds is 8. The van der Waals surface area contributed by atoms with Crippen LogP contribution in [0.3, 0.4) is 0 Å². The minimum atomic E-state index is 0. The summed E-state index contributed by atoms with van der Waals surface area (Å²) in [5.41, 5.74) is 1.04. The third-order valence-electron chi connectivity index (χ3n) is 4.64. The molecule has 1 aromatic carbocycles. The Hall–Kier alpha value is -1.77. The number of piperidine rings is 1. The standard InChI is InChI=1S/C21H32N4O2.HI/c1-4-14-27-19-10-6-5-9-18(19)15-24-21(22-3)23-12-11-20(26)25-13-7-8-17(2)16-25;/h4-6,9-10,17H,1,7-8,11-16H2,2-3H3,(H2,22,23,24);1H. The molecule has 0 bridgehead atoms. The van der Waals surface area contributed by atoms with Crippen molar-refractivity contribution in [3.8, 4) is 5.75 Å². The molecule has 1 saturated heterocycles. The Balaban J connectivity index is 0.00000392. The number of halogens is 1. The molecule has 1 fully saturated rings. The summed E-state index contributed by atoms with van der Waals surface area (Å²) in [5.74, 6) is 2.32. The minimum Gasteiger partial charge on any atom is -0.489 e. The Labute approximate surface area is 185 Å². The predicted molar refractivity (Wildman–Crippen MR) is 125 cm³/mol. The summed E-state index contributed by atoms with van der Waals surface area (Å²) in [6, 6.07) is 7.88. The van der Waals surface area contributed by atoms with E-state index in [4.69, 9.17) is 4.74 Å². The van der Waals surface area contributed by atoms with Gasteiger partial charge in [-0.25, -0.2) is 0 Å². The van der Waals surface area contributed by atoms with Gasteiger partial charge in [0.1, 0.15) is 12.4 Å². The fourth-order valence-electron chi connectivity index (χ4n) is 3.20. The van der Waals surface area contributed by atoms with Crippen molar-refractivity contribution in [3.05, 3.63) is 42.5 Å². The van der Waals surface area contributed by atoms with Gasteiger partial charge in [0.25, 0.3) is 0 Å². The normalized spacial score (nSPS) is 16.7. The summed E-state index contributed by atoms with van der Waals surface area (Å²) in [6.45, 7) is 9.28. The predicted octanol–water partition coefficient (Wildman–Crippen LogP) is 3.18. The van der Waals surface area contributed by atoms with Gasteiger partial charge in [0, 0.05) is 45.2 Å². The molecule has 7 heteroatoms. The van der Waals surface area contributed by atoms with Gasteiger partial charge in [0.05, 0.1) is 0 Å². The molecule has 1 aliphatic heterocycles. The Bertz CT molecular complexity index is 651. The zero-order valence-corrected chi connectivity index (χ0v) is 19.3. The van der Waals surface area contributed by atoms with Crippen molar-refractivity contribution in [1.29, 1.82) is 0 Å². The van der Waals surface area contributed by atoms with Crippen molar-refractivity contribution in [2.24, 2.45) is 10.9 Å². The summed E-state index contributed by atoms with van der Waals surface area (Å²) in [5, 5.41) is 6.49. The van der Waals surface area contributed by atoms with Crippen molar-refractivity contribution < 1.29 is 9.53 Å². The smallest absolute Gasteiger partial charge is 0.224 e. The lowest BCUT2D eigenvalue weighted by molar-refractivity contribution is -0.132. The molecule has 156 valence electrons. The van der Waals surface area contributed by atoms with E-state index in [0.29, 0.717) is 38.0 Å². The molecule has 0 aliphatic carbocycles. The molecule has 0 radical (unpaired) electrons. The minimum absolute atomic E-state index is 0. The van der Waals surface area contributed by atoms with Crippen LogP contribution >= 0.6 is 24.0 Å². The van der Waals surface area contributed by atoms with E-state index >= 15 is 0 Å². The molecule has 1 unspecified atom stereocenters. The first-order valence-electron chi connectivity index (χ1n) is 9.68. The van der Waals surface area contributed by atoms with Crippen LogP contribution in [-0.4, -0.2) is 50.1 Å². The largest absolute Gasteiger partial charge is 0.489 e. The highest BCUT2D eigenvalue weighted by atomic mass is 127. The van der Waals surface area contributed by atoms with E-state index < -0.39 is 0 Å². The van der Waals surface area contributed by atoms with Crippen molar-refractivity contribution in [3.63, 3.8) is 0 Å². The van der Waals surface area contributed by atoms with Crippen LogP contribution in [-0.2, 0) is 11.3 Å². The van der Waals surface area contributed by atoms with Crippen LogP contribution in [0.4, 0.5) is 0 Å². The zero-order valence-electron chi connectivity index (χ0n) is 16.9. The van der Waals surface area contributed by atoms with Crippen molar-refractivity contribution in [1.82, 2.24) is 15.5 Å². The number of nitrogens with one attached hydrogen (secondary N) is 2. The number of benzene rings is 1. The summed E-state index contributed by atoms with van der Waals surface area (Å²) < 4.78 is 5.67. The number of aliphatic imine (C=N–C) groups is 1. The molecule has 2 rings (SSSR count). The SMILES string of the molecule is C=CCOc1ccccc1CNC(=NC)NCCC(=O)N1CCCC(C)C1.I. The van der Waals surface area contributed by atoms with Gasteiger partial charge in [-0.05, 0) is 24.8 Å². The molecular weight excluding hydrogens is 467 g/mol. The molecule has 0 spiro atoms. The molecule has 1 amide bonds. The van der Waals surface area contributed by atoms with Gasteiger partial charge in [0.2, 0.25) is 5.91 Å². The van der Waals surface area contributed by atoms with E-state index in [1.54, 1.807) is 13.1 Å². The Kier molecular flexibility index (Phi) is 11.6. The second kappa shape index (κ2) is 13.4. The highest BCUT2D eigenvalue weighted by Gasteiger charge is 2.20. The second-order valence-electron chi connectivity index (χ2n) is 6.90. The van der Waals surface area contributed by atoms with Gasteiger partial charge in [-0.15, -0.1) is 24.0 Å². The zero-order chi connectivity index (χ0) is 19.5. The van der Waals surface area contributed by atoms with Crippen LogP contribution in [0.15, 0.2) is 41.9 Å². The van der Waals surface area contributed by atoms with Crippen LogP contribution in [0.2, 0.25) is 0 Å². The van der Waals surface area contributed by atoms with Crippen LogP contribution in [0.25, 0.3) is 0 Å². The van der Waals surface area contributed by atoms with E-state index in [-0.39, 0.29) is 29.9 Å². The molecule has 1 heterocycles. The molecule has 0 saturated carbocycles. The maximum atomic E-state index is 12.3.